The van der Waals surface area contributed by atoms with Gasteiger partial charge in [0, 0.05) is 17.6 Å². The van der Waals surface area contributed by atoms with E-state index in [1.54, 1.807) is 30.3 Å². The highest BCUT2D eigenvalue weighted by Crippen LogP contribution is 2.28. The van der Waals surface area contributed by atoms with Crippen LogP contribution < -0.4 is 0 Å². The highest BCUT2D eigenvalue weighted by atomic mass is 35.5. The first-order chi connectivity index (χ1) is 9.16. The van der Waals surface area contributed by atoms with Crippen molar-refractivity contribution in [1.82, 2.24) is 19.7 Å². The van der Waals surface area contributed by atoms with E-state index in [9.17, 15) is 8.78 Å². The van der Waals surface area contributed by atoms with Crippen molar-refractivity contribution < 1.29 is 8.78 Å². The van der Waals surface area contributed by atoms with Gasteiger partial charge in [0.05, 0.1) is 5.52 Å². The number of halogens is 3. The second-order valence-electron chi connectivity index (χ2n) is 3.80. The van der Waals surface area contributed by atoms with Gasteiger partial charge in [-0.05, 0) is 17.7 Å². The summed E-state index contributed by atoms with van der Waals surface area (Å²) >= 11 is 5.70. The predicted octanol–water partition coefficient (Wildman–Crippen LogP) is 3.41. The van der Waals surface area contributed by atoms with Crippen molar-refractivity contribution in [2.24, 2.45) is 0 Å². The second kappa shape index (κ2) is 4.55. The number of fused-ring (bicyclic) bond motifs is 1. The van der Waals surface area contributed by atoms with Gasteiger partial charge in [-0.3, -0.25) is 0 Å². The number of para-hydroxylation sites is 1. The number of hydrogen-bond donors (Lipinski definition) is 0. The summed E-state index contributed by atoms with van der Waals surface area (Å²) in [6, 6.07) is 8.29. The number of hydrogen-bond acceptors (Lipinski definition) is 3. The zero-order valence-corrected chi connectivity index (χ0v) is 10.2. The Morgan fingerprint density at radius 2 is 1.95 bits per heavy atom. The molecule has 0 aliphatic rings. The van der Waals surface area contributed by atoms with Crippen LogP contribution in [0.15, 0.2) is 36.5 Å². The molecule has 2 heterocycles. The second-order valence-corrected chi connectivity index (χ2v) is 4.14. The van der Waals surface area contributed by atoms with Crippen LogP contribution in [0.5, 0.6) is 0 Å². The zero-order chi connectivity index (χ0) is 13.4. The summed E-state index contributed by atoms with van der Waals surface area (Å²) in [5.74, 6) is 0.350. The first-order valence-corrected chi connectivity index (χ1v) is 5.79. The average molecular weight is 281 g/mol. The Kier molecular flexibility index (Phi) is 2.87. The zero-order valence-electron chi connectivity index (χ0n) is 9.46. The van der Waals surface area contributed by atoms with Crippen molar-refractivity contribution in [1.29, 1.82) is 0 Å². The molecule has 0 fully saturated rings. The molecule has 0 radical (unpaired) electrons. The summed E-state index contributed by atoms with van der Waals surface area (Å²) in [5.41, 5.74) is 0.276. The lowest BCUT2D eigenvalue weighted by molar-refractivity contribution is 0.147. The van der Waals surface area contributed by atoms with E-state index in [0.29, 0.717) is 16.7 Å². The van der Waals surface area contributed by atoms with Gasteiger partial charge in [-0.25, -0.2) is 18.4 Å². The Bertz CT molecular complexity index is 741. The molecule has 19 heavy (non-hydrogen) atoms. The Hall–Kier alpha value is -2.08. The molecule has 0 amide bonds. The fraction of sp³-hybridized carbons (Fsp3) is 0.0833. The Morgan fingerprint density at radius 3 is 2.68 bits per heavy atom. The number of aromatic nitrogens is 4. The largest absolute Gasteiger partial charge is 0.282 e. The smallest absolute Gasteiger partial charge is 0.226 e. The van der Waals surface area contributed by atoms with E-state index in [1.165, 1.54) is 10.9 Å². The summed E-state index contributed by atoms with van der Waals surface area (Å²) < 4.78 is 27.3. The molecule has 96 valence electrons. The van der Waals surface area contributed by atoms with E-state index in [-0.39, 0.29) is 11.0 Å². The molecular weight excluding hydrogens is 274 g/mol. The van der Waals surface area contributed by atoms with Crippen molar-refractivity contribution >= 4 is 22.5 Å². The van der Waals surface area contributed by atoms with Crippen LogP contribution in [0.25, 0.3) is 16.7 Å². The van der Waals surface area contributed by atoms with Crippen molar-refractivity contribution in [3.05, 3.63) is 47.5 Å². The van der Waals surface area contributed by atoms with Crippen LogP contribution in [0.3, 0.4) is 0 Å². The maximum Gasteiger partial charge on any atom is 0.282 e. The molecule has 0 N–H and O–H groups in total. The first-order valence-electron chi connectivity index (χ1n) is 5.41. The van der Waals surface area contributed by atoms with Crippen LogP contribution in [0.1, 0.15) is 12.1 Å². The molecule has 0 aliphatic heterocycles. The maximum absolute atomic E-state index is 13.0. The quantitative estimate of drug-likeness (QED) is 0.676. The van der Waals surface area contributed by atoms with Crippen LogP contribution in [0.2, 0.25) is 5.28 Å². The Labute approximate surface area is 111 Å². The van der Waals surface area contributed by atoms with E-state index >= 15 is 0 Å². The highest BCUT2D eigenvalue weighted by molar-refractivity contribution is 6.28. The fourth-order valence-electron chi connectivity index (χ4n) is 1.87. The lowest BCUT2D eigenvalue weighted by Gasteiger charge is -2.01. The standard InChI is InChI=1S/C12H7ClF2N4/c13-12-16-6-5-9(17-12)19-8-4-2-1-3-7(8)10(18-19)11(14)15/h1-6,11H. The van der Waals surface area contributed by atoms with Crippen molar-refractivity contribution in [2.75, 3.05) is 0 Å². The molecule has 0 saturated carbocycles. The highest BCUT2D eigenvalue weighted by Gasteiger charge is 2.19. The topological polar surface area (TPSA) is 43.6 Å². The number of rotatable bonds is 2. The molecular formula is C12H7ClF2N4. The van der Waals surface area contributed by atoms with Crippen molar-refractivity contribution in [3.63, 3.8) is 0 Å². The van der Waals surface area contributed by atoms with Crippen molar-refractivity contribution in [3.8, 4) is 5.82 Å². The van der Waals surface area contributed by atoms with Gasteiger partial charge in [0.25, 0.3) is 6.43 Å². The van der Waals surface area contributed by atoms with Crippen molar-refractivity contribution in [2.45, 2.75) is 6.43 Å². The molecule has 1 aromatic carbocycles. The Morgan fingerprint density at radius 1 is 1.16 bits per heavy atom. The van der Waals surface area contributed by atoms with Gasteiger partial charge in [-0.2, -0.15) is 10.1 Å². The lowest BCUT2D eigenvalue weighted by atomic mass is 10.2. The maximum atomic E-state index is 13.0. The summed E-state index contributed by atoms with van der Waals surface area (Å²) in [7, 11) is 0. The summed E-state index contributed by atoms with van der Waals surface area (Å²) in [4.78, 5) is 7.73. The minimum Gasteiger partial charge on any atom is -0.226 e. The predicted molar refractivity (Wildman–Crippen MR) is 66.6 cm³/mol. The SMILES string of the molecule is FC(F)c1nn(-c2ccnc(Cl)n2)c2ccccc12. The van der Waals surface area contributed by atoms with Gasteiger partial charge in [-0.1, -0.05) is 18.2 Å². The molecule has 3 rings (SSSR count). The van der Waals surface area contributed by atoms with Gasteiger partial charge in [0.1, 0.15) is 5.69 Å². The minimum absolute atomic E-state index is 0.0377. The van der Waals surface area contributed by atoms with E-state index in [0.717, 1.165) is 0 Å². The molecule has 0 spiro atoms. The molecule has 0 unspecified atom stereocenters. The molecule has 4 nitrogen and oxygen atoms in total. The number of nitrogens with zero attached hydrogens (tertiary/aromatic N) is 4. The average Bonchev–Trinajstić information content (AvgIpc) is 2.78. The fourth-order valence-corrected chi connectivity index (χ4v) is 2.01. The summed E-state index contributed by atoms with van der Waals surface area (Å²) in [6.07, 6.45) is -1.20. The van der Waals surface area contributed by atoms with Gasteiger partial charge >= 0.3 is 0 Å². The third kappa shape index (κ3) is 2.04. The molecule has 0 atom stereocenters. The lowest BCUT2D eigenvalue weighted by Crippen LogP contribution is -2.01. The monoisotopic (exact) mass is 280 g/mol. The molecule has 2 aromatic heterocycles. The number of alkyl halides is 2. The summed E-state index contributed by atoms with van der Waals surface area (Å²) in [6.45, 7) is 0. The third-order valence-electron chi connectivity index (χ3n) is 2.65. The van der Waals surface area contributed by atoms with Crippen LogP contribution in [-0.2, 0) is 0 Å². The van der Waals surface area contributed by atoms with Gasteiger partial charge in [0.2, 0.25) is 5.28 Å². The van der Waals surface area contributed by atoms with E-state index < -0.39 is 6.43 Å². The van der Waals surface area contributed by atoms with E-state index in [1.807, 2.05) is 0 Å². The van der Waals surface area contributed by atoms with Crippen LogP contribution >= 0.6 is 11.6 Å². The van der Waals surface area contributed by atoms with E-state index in [2.05, 4.69) is 15.1 Å². The summed E-state index contributed by atoms with van der Waals surface area (Å²) in [5, 5.41) is 4.35. The molecule has 0 bridgehead atoms. The van der Waals surface area contributed by atoms with Crippen LogP contribution in [0.4, 0.5) is 8.78 Å². The van der Waals surface area contributed by atoms with Gasteiger partial charge in [-0.15, -0.1) is 0 Å². The van der Waals surface area contributed by atoms with Crippen LogP contribution in [0, 0.1) is 0 Å². The third-order valence-corrected chi connectivity index (χ3v) is 2.83. The number of benzene rings is 1. The van der Waals surface area contributed by atoms with Gasteiger partial charge < -0.3 is 0 Å². The molecule has 3 aromatic rings. The van der Waals surface area contributed by atoms with Crippen LogP contribution in [-0.4, -0.2) is 19.7 Å². The first kappa shape index (κ1) is 12.0. The molecule has 0 saturated heterocycles. The normalized spacial score (nSPS) is 11.4. The van der Waals surface area contributed by atoms with E-state index in [4.69, 9.17) is 11.6 Å². The van der Waals surface area contributed by atoms with Gasteiger partial charge in [0.15, 0.2) is 5.82 Å². The molecule has 7 heteroatoms. The minimum atomic E-state index is -2.65. The molecule has 0 aliphatic carbocycles. The Balaban J connectivity index is 2.30.